The fourth-order valence-electron chi connectivity index (χ4n) is 2.23. The maximum atomic E-state index is 12.4. The molecule has 21 heavy (non-hydrogen) atoms. The normalized spacial score (nSPS) is 13.1. The second-order valence-corrected chi connectivity index (χ2v) is 5.34. The standard InChI is InChI=1S/C15H14ClN3O2/c1-19(8-10-6-17-18-7-10)15(20)12-4-11-5-13(16)2-3-14(11)21-9-12/h2-7H,8-9H2,1H3,(H,17,18). The molecular weight excluding hydrogens is 290 g/mol. The van der Waals surface area contributed by atoms with Crippen LogP contribution < -0.4 is 4.74 Å². The van der Waals surface area contributed by atoms with Gasteiger partial charge in [-0.3, -0.25) is 9.89 Å². The molecule has 0 aliphatic carbocycles. The molecule has 6 heteroatoms. The lowest BCUT2D eigenvalue weighted by molar-refractivity contribution is -0.126. The summed E-state index contributed by atoms with van der Waals surface area (Å²) in [5.41, 5.74) is 2.39. The van der Waals surface area contributed by atoms with Gasteiger partial charge in [-0.25, -0.2) is 0 Å². The van der Waals surface area contributed by atoms with Gasteiger partial charge in [-0.15, -0.1) is 0 Å². The van der Waals surface area contributed by atoms with E-state index in [0.29, 0.717) is 17.1 Å². The van der Waals surface area contributed by atoms with Crippen molar-refractivity contribution in [2.24, 2.45) is 0 Å². The first kappa shape index (κ1) is 13.7. The fourth-order valence-corrected chi connectivity index (χ4v) is 2.41. The van der Waals surface area contributed by atoms with Gasteiger partial charge in [0.1, 0.15) is 12.4 Å². The minimum atomic E-state index is -0.0678. The quantitative estimate of drug-likeness (QED) is 0.948. The summed E-state index contributed by atoms with van der Waals surface area (Å²) in [7, 11) is 1.75. The van der Waals surface area contributed by atoms with Gasteiger partial charge in [0.25, 0.3) is 5.91 Å². The van der Waals surface area contributed by atoms with E-state index in [1.807, 2.05) is 12.1 Å². The van der Waals surface area contributed by atoms with Crippen molar-refractivity contribution in [1.29, 1.82) is 0 Å². The van der Waals surface area contributed by atoms with Crippen molar-refractivity contribution in [2.75, 3.05) is 13.7 Å². The van der Waals surface area contributed by atoms with Gasteiger partial charge in [0.15, 0.2) is 0 Å². The number of aromatic nitrogens is 2. The van der Waals surface area contributed by atoms with Gasteiger partial charge in [-0.05, 0) is 24.3 Å². The minimum absolute atomic E-state index is 0.0678. The Morgan fingerprint density at radius 3 is 3.14 bits per heavy atom. The molecule has 2 heterocycles. The SMILES string of the molecule is CN(Cc1cn[nH]c1)C(=O)C1=Cc2cc(Cl)ccc2OC1. The maximum Gasteiger partial charge on any atom is 0.253 e. The Morgan fingerprint density at radius 2 is 2.38 bits per heavy atom. The molecule has 0 atom stereocenters. The van der Waals surface area contributed by atoms with Crippen molar-refractivity contribution < 1.29 is 9.53 Å². The van der Waals surface area contributed by atoms with Crippen LogP contribution in [0.5, 0.6) is 5.75 Å². The Morgan fingerprint density at radius 1 is 1.52 bits per heavy atom. The van der Waals surface area contributed by atoms with Crippen LogP contribution in [0.2, 0.25) is 5.02 Å². The largest absolute Gasteiger partial charge is 0.488 e. The van der Waals surface area contributed by atoms with Gasteiger partial charge in [0, 0.05) is 35.9 Å². The molecule has 0 saturated carbocycles. The van der Waals surface area contributed by atoms with Gasteiger partial charge < -0.3 is 9.64 Å². The number of H-pyrrole nitrogens is 1. The molecule has 2 aromatic rings. The van der Waals surface area contributed by atoms with E-state index < -0.39 is 0 Å². The van der Waals surface area contributed by atoms with Crippen LogP contribution in [-0.4, -0.2) is 34.7 Å². The summed E-state index contributed by atoms with van der Waals surface area (Å²) in [6, 6.07) is 5.37. The van der Waals surface area contributed by atoms with Crippen LogP contribution >= 0.6 is 11.6 Å². The van der Waals surface area contributed by atoms with Crippen LogP contribution in [0, 0.1) is 0 Å². The number of carbonyl (C=O) groups excluding carboxylic acids is 1. The number of rotatable bonds is 3. The molecule has 1 aliphatic rings. The number of ether oxygens (including phenoxy) is 1. The van der Waals surface area contributed by atoms with Gasteiger partial charge >= 0.3 is 0 Å². The highest BCUT2D eigenvalue weighted by Crippen LogP contribution is 2.29. The zero-order valence-corrected chi connectivity index (χ0v) is 12.2. The van der Waals surface area contributed by atoms with Crippen LogP contribution in [0.1, 0.15) is 11.1 Å². The summed E-state index contributed by atoms with van der Waals surface area (Å²) in [4.78, 5) is 14.1. The van der Waals surface area contributed by atoms with Crippen molar-refractivity contribution in [1.82, 2.24) is 15.1 Å². The van der Waals surface area contributed by atoms with E-state index in [1.165, 1.54) is 0 Å². The molecule has 3 rings (SSSR count). The van der Waals surface area contributed by atoms with Crippen LogP contribution in [0.25, 0.3) is 6.08 Å². The highest BCUT2D eigenvalue weighted by atomic mass is 35.5. The number of aromatic amines is 1. The molecule has 1 N–H and O–H groups in total. The number of fused-ring (bicyclic) bond motifs is 1. The number of likely N-dealkylation sites (N-methyl/N-ethyl adjacent to an activating group) is 1. The molecule has 1 aromatic carbocycles. The average Bonchev–Trinajstić information content (AvgIpc) is 2.98. The summed E-state index contributed by atoms with van der Waals surface area (Å²) in [6.07, 6.45) is 5.30. The fraction of sp³-hybridized carbons (Fsp3) is 0.200. The molecule has 0 fully saturated rings. The number of nitrogens with one attached hydrogen (secondary N) is 1. The Bertz CT molecular complexity index is 695. The zero-order valence-electron chi connectivity index (χ0n) is 11.5. The Labute approximate surface area is 127 Å². The predicted molar refractivity (Wildman–Crippen MR) is 80.0 cm³/mol. The monoisotopic (exact) mass is 303 g/mol. The predicted octanol–water partition coefficient (Wildman–Crippen LogP) is 2.50. The van der Waals surface area contributed by atoms with Crippen LogP contribution in [0.3, 0.4) is 0 Å². The molecular formula is C15H14ClN3O2. The number of carbonyl (C=O) groups is 1. The van der Waals surface area contributed by atoms with E-state index >= 15 is 0 Å². The molecule has 1 aliphatic heterocycles. The average molecular weight is 304 g/mol. The van der Waals surface area contributed by atoms with E-state index in [4.69, 9.17) is 16.3 Å². The summed E-state index contributed by atoms with van der Waals surface area (Å²) in [5.74, 6) is 0.676. The van der Waals surface area contributed by atoms with Crippen LogP contribution in [0.4, 0.5) is 0 Å². The Hall–Kier alpha value is -2.27. The molecule has 5 nitrogen and oxygen atoms in total. The second kappa shape index (κ2) is 5.61. The lowest BCUT2D eigenvalue weighted by Gasteiger charge is -2.22. The third kappa shape index (κ3) is 2.92. The number of hydrogen-bond donors (Lipinski definition) is 1. The van der Waals surface area contributed by atoms with E-state index in [9.17, 15) is 4.79 Å². The number of hydrogen-bond acceptors (Lipinski definition) is 3. The first-order chi connectivity index (χ1) is 10.1. The molecule has 108 valence electrons. The molecule has 0 saturated heterocycles. The highest BCUT2D eigenvalue weighted by Gasteiger charge is 2.20. The van der Waals surface area contributed by atoms with E-state index in [0.717, 1.165) is 16.9 Å². The van der Waals surface area contributed by atoms with Crippen molar-refractivity contribution in [2.45, 2.75) is 6.54 Å². The zero-order chi connectivity index (χ0) is 14.8. The molecule has 0 unspecified atom stereocenters. The molecule has 1 aromatic heterocycles. The van der Waals surface area contributed by atoms with E-state index in [2.05, 4.69) is 10.2 Å². The number of nitrogens with zero attached hydrogens (tertiary/aromatic N) is 2. The van der Waals surface area contributed by atoms with Crippen molar-refractivity contribution in [3.63, 3.8) is 0 Å². The van der Waals surface area contributed by atoms with Gasteiger partial charge in [-0.1, -0.05) is 11.6 Å². The summed E-state index contributed by atoms with van der Waals surface area (Å²) < 4.78 is 5.60. The molecule has 1 amide bonds. The summed E-state index contributed by atoms with van der Waals surface area (Å²) in [5, 5.41) is 7.22. The van der Waals surface area contributed by atoms with Gasteiger partial charge in [0.2, 0.25) is 0 Å². The third-order valence-corrected chi connectivity index (χ3v) is 3.52. The third-order valence-electron chi connectivity index (χ3n) is 3.28. The Kier molecular flexibility index (Phi) is 3.66. The first-order valence-electron chi connectivity index (χ1n) is 6.49. The van der Waals surface area contributed by atoms with Crippen molar-refractivity contribution in [3.8, 4) is 5.75 Å². The smallest absolute Gasteiger partial charge is 0.253 e. The minimum Gasteiger partial charge on any atom is -0.488 e. The second-order valence-electron chi connectivity index (χ2n) is 4.91. The number of halogens is 1. The topological polar surface area (TPSA) is 58.2 Å². The molecule has 0 bridgehead atoms. The number of benzene rings is 1. The van der Waals surface area contributed by atoms with Crippen molar-refractivity contribution >= 4 is 23.6 Å². The van der Waals surface area contributed by atoms with Crippen LogP contribution in [0.15, 0.2) is 36.2 Å². The van der Waals surface area contributed by atoms with Gasteiger partial charge in [0.05, 0.1) is 11.8 Å². The van der Waals surface area contributed by atoms with E-state index in [-0.39, 0.29) is 12.5 Å². The highest BCUT2D eigenvalue weighted by molar-refractivity contribution is 6.30. The lowest BCUT2D eigenvalue weighted by atomic mass is 10.1. The molecule has 0 radical (unpaired) electrons. The maximum absolute atomic E-state index is 12.4. The number of amides is 1. The molecule has 0 spiro atoms. The Balaban J connectivity index is 1.79. The van der Waals surface area contributed by atoms with Crippen molar-refractivity contribution in [3.05, 3.63) is 52.3 Å². The lowest BCUT2D eigenvalue weighted by Crippen LogP contribution is -2.30. The summed E-state index contributed by atoms with van der Waals surface area (Å²) >= 11 is 5.97. The van der Waals surface area contributed by atoms with Gasteiger partial charge in [-0.2, -0.15) is 5.10 Å². The first-order valence-corrected chi connectivity index (χ1v) is 6.87. The van der Waals surface area contributed by atoms with E-state index in [1.54, 1.807) is 36.5 Å². The summed E-state index contributed by atoms with van der Waals surface area (Å²) in [6.45, 7) is 0.762. The van der Waals surface area contributed by atoms with Crippen LogP contribution in [-0.2, 0) is 11.3 Å².